The van der Waals surface area contributed by atoms with Gasteiger partial charge in [-0.2, -0.15) is 4.31 Å². The van der Waals surface area contributed by atoms with Crippen LogP contribution in [0, 0.1) is 0 Å². The highest BCUT2D eigenvalue weighted by Gasteiger charge is 2.33. The van der Waals surface area contributed by atoms with Crippen LogP contribution in [0.2, 0.25) is 0 Å². The van der Waals surface area contributed by atoms with Gasteiger partial charge < -0.3 is 10.4 Å². The van der Waals surface area contributed by atoms with Gasteiger partial charge in [-0.25, -0.2) is 8.42 Å². The van der Waals surface area contributed by atoms with E-state index in [4.69, 9.17) is 0 Å². The molecule has 6 heteroatoms. The second kappa shape index (κ2) is 10.2. The molecule has 5 nitrogen and oxygen atoms in total. The first kappa shape index (κ1) is 21.0. The molecular weight excluding hydrogens is 372 g/mol. The van der Waals surface area contributed by atoms with E-state index in [2.05, 4.69) is 5.32 Å². The van der Waals surface area contributed by atoms with Gasteiger partial charge in [-0.3, -0.25) is 0 Å². The summed E-state index contributed by atoms with van der Waals surface area (Å²) >= 11 is 0. The molecule has 0 radical (unpaired) electrons. The van der Waals surface area contributed by atoms with Crippen LogP contribution < -0.4 is 5.32 Å². The largest absolute Gasteiger partial charge is 0.390 e. The van der Waals surface area contributed by atoms with Gasteiger partial charge in [0.2, 0.25) is 10.0 Å². The molecule has 0 spiro atoms. The number of rotatable bonds is 9. The minimum Gasteiger partial charge on any atom is -0.390 e. The Hall–Kier alpha value is -1.73. The summed E-state index contributed by atoms with van der Waals surface area (Å²) in [7, 11) is -3.63. The van der Waals surface area contributed by atoms with Crippen LogP contribution in [0.5, 0.6) is 0 Å². The van der Waals surface area contributed by atoms with E-state index in [1.54, 1.807) is 24.3 Å². The van der Waals surface area contributed by atoms with Crippen LogP contribution in [0.3, 0.4) is 0 Å². The molecule has 0 amide bonds. The van der Waals surface area contributed by atoms with E-state index in [0.717, 1.165) is 37.7 Å². The Bertz CT molecular complexity index is 806. The summed E-state index contributed by atoms with van der Waals surface area (Å²) in [5, 5.41) is 13.8. The molecule has 0 heterocycles. The maximum atomic E-state index is 13.3. The molecule has 28 heavy (non-hydrogen) atoms. The molecule has 1 fully saturated rings. The van der Waals surface area contributed by atoms with Crippen LogP contribution in [0.1, 0.15) is 37.7 Å². The van der Waals surface area contributed by atoms with Gasteiger partial charge in [-0.05, 0) is 30.5 Å². The van der Waals surface area contributed by atoms with E-state index in [1.807, 2.05) is 36.4 Å². The zero-order chi connectivity index (χ0) is 19.8. The van der Waals surface area contributed by atoms with Crippen molar-refractivity contribution in [3.8, 4) is 0 Å². The third kappa shape index (κ3) is 5.64. The van der Waals surface area contributed by atoms with Gasteiger partial charge in [-0.1, -0.05) is 67.8 Å². The van der Waals surface area contributed by atoms with Crippen molar-refractivity contribution < 1.29 is 13.5 Å². The molecule has 1 atom stereocenters. The third-order valence-electron chi connectivity index (χ3n) is 5.27. The number of nitrogens with one attached hydrogen (secondary N) is 1. The van der Waals surface area contributed by atoms with E-state index in [9.17, 15) is 13.5 Å². The highest BCUT2D eigenvalue weighted by molar-refractivity contribution is 7.89. The first-order valence-corrected chi connectivity index (χ1v) is 11.5. The van der Waals surface area contributed by atoms with Gasteiger partial charge in [0.15, 0.2) is 0 Å². The Balaban J connectivity index is 1.66. The quantitative estimate of drug-likeness (QED) is 0.676. The molecular formula is C22H30N2O3S. The van der Waals surface area contributed by atoms with Gasteiger partial charge >= 0.3 is 0 Å². The lowest BCUT2D eigenvalue weighted by Crippen LogP contribution is -2.47. The van der Waals surface area contributed by atoms with Crippen LogP contribution in [0.25, 0.3) is 0 Å². The lowest BCUT2D eigenvalue weighted by molar-refractivity contribution is 0.120. The summed E-state index contributed by atoms with van der Waals surface area (Å²) in [6.45, 7) is 1.11. The minimum atomic E-state index is -3.63. The van der Waals surface area contributed by atoms with E-state index in [-0.39, 0.29) is 12.6 Å². The SMILES string of the molecule is O=S(=O)(c1ccccc1)N(C[C@H](O)CNCc1ccccc1)C1CCCCC1. The molecule has 0 aliphatic heterocycles. The number of benzene rings is 2. The first-order valence-electron chi connectivity index (χ1n) is 10.1. The molecule has 152 valence electrons. The Morgan fingerprint density at radius 3 is 2.21 bits per heavy atom. The molecule has 2 aromatic rings. The molecule has 2 aromatic carbocycles. The average Bonchev–Trinajstić information content (AvgIpc) is 2.74. The summed E-state index contributed by atoms with van der Waals surface area (Å²) in [5.41, 5.74) is 1.13. The van der Waals surface area contributed by atoms with Crippen molar-refractivity contribution in [2.75, 3.05) is 13.1 Å². The Kier molecular flexibility index (Phi) is 7.62. The van der Waals surface area contributed by atoms with Crippen LogP contribution in [-0.4, -0.2) is 43.1 Å². The molecule has 0 unspecified atom stereocenters. The van der Waals surface area contributed by atoms with Crippen molar-refractivity contribution in [1.29, 1.82) is 0 Å². The second-order valence-electron chi connectivity index (χ2n) is 7.45. The van der Waals surface area contributed by atoms with E-state index >= 15 is 0 Å². The van der Waals surface area contributed by atoms with Crippen molar-refractivity contribution >= 4 is 10.0 Å². The standard InChI is InChI=1S/C22H30N2O3S/c25-21(17-23-16-19-10-4-1-5-11-19)18-24(20-12-6-2-7-13-20)28(26,27)22-14-8-3-9-15-22/h1,3-5,8-11,14-15,20-21,23,25H,2,6-7,12-13,16-18H2/t21-/m1/s1. The Morgan fingerprint density at radius 2 is 1.57 bits per heavy atom. The normalized spacial score (nSPS) is 16.9. The highest BCUT2D eigenvalue weighted by Crippen LogP contribution is 2.28. The molecule has 0 bridgehead atoms. The summed E-state index contributed by atoms with van der Waals surface area (Å²) in [6, 6.07) is 18.5. The first-order chi connectivity index (χ1) is 13.6. The maximum absolute atomic E-state index is 13.3. The molecule has 1 saturated carbocycles. The van der Waals surface area contributed by atoms with E-state index in [1.165, 1.54) is 4.31 Å². The zero-order valence-electron chi connectivity index (χ0n) is 16.2. The van der Waals surface area contributed by atoms with Crippen molar-refractivity contribution in [3.05, 3.63) is 66.2 Å². The lowest BCUT2D eigenvalue weighted by Gasteiger charge is -2.34. The fourth-order valence-electron chi connectivity index (χ4n) is 3.79. The second-order valence-corrected chi connectivity index (χ2v) is 9.34. The van der Waals surface area contributed by atoms with Crippen LogP contribution in [0.15, 0.2) is 65.6 Å². The van der Waals surface area contributed by atoms with Crippen LogP contribution in [0.4, 0.5) is 0 Å². The lowest BCUT2D eigenvalue weighted by atomic mass is 9.95. The van der Waals surface area contributed by atoms with Crippen LogP contribution >= 0.6 is 0 Å². The van der Waals surface area contributed by atoms with Crippen LogP contribution in [-0.2, 0) is 16.6 Å². The summed E-state index contributed by atoms with van der Waals surface area (Å²) < 4.78 is 28.1. The fraction of sp³-hybridized carbons (Fsp3) is 0.455. The molecule has 1 aliphatic rings. The Labute approximate surface area is 168 Å². The van der Waals surface area contributed by atoms with E-state index < -0.39 is 16.1 Å². The van der Waals surface area contributed by atoms with Crippen molar-refractivity contribution in [2.24, 2.45) is 0 Å². The molecule has 1 aliphatic carbocycles. The third-order valence-corrected chi connectivity index (χ3v) is 7.21. The van der Waals surface area contributed by atoms with E-state index in [0.29, 0.717) is 18.0 Å². The number of sulfonamides is 1. The number of hydrogen-bond donors (Lipinski definition) is 2. The molecule has 3 rings (SSSR count). The minimum absolute atomic E-state index is 0.0391. The topological polar surface area (TPSA) is 69.6 Å². The smallest absolute Gasteiger partial charge is 0.243 e. The molecule has 0 saturated heterocycles. The number of hydrogen-bond acceptors (Lipinski definition) is 4. The fourth-order valence-corrected chi connectivity index (χ4v) is 5.54. The monoisotopic (exact) mass is 402 g/mol. The van der Waals surface area contributed by atoms with Crippen molar-refractivity contribution in [1.82, 2.24) is 9.62 Å². The average molecular weight is 403 g/mol. The van der Waals surface area contributed by atoms with Gasteiger partial charge in [0.05, 0.1) is 11.0 Å². The molecule has 0 aromatic heterocycles. The highest BCUT2D eigenvalue weighted by atomic mass is 32.2. The van der Waals surface area contributed by atoms with Gasteiger partial charge in [0.25, 0.3) is 0 Å². The molecule has 2 N–H and O–H groups in total. The number of aliphatic hydroxyl groups excluding tert-OH is 1. The predicted molar refractivity (Wildman–Crippen MR) is 111 cm³/mol. The van der Waals surface area contributed by atoms with Gasteiger partial charge in [-0.15, -0.1) is 0 Å². The summed E-state index contributed by atoms with van der Waals surface area (Å²) in [4.78, 5) is 0.296. The maximum Gasteiger partial charge on any atom is 0.243 e. The predicted octanol–water partition coefficient (Wildman–Crippen LogP) is 3.16. The van der Waals surface area contributed by atoms with Gasteiger partial charge in [0, 0.05) is 25.7 Å². The zero-order valence-corrected chi connectivity index (χ0v) is 17.0. The van der Waals surface area contributed by atoms with Crippen molar-refractivity contribution in [3.63, 3.8) is 0 Å². The summed E-state index contributed by atoms with van der Waals surface area (Å²) in [6.07, 6.45) is 4.18. The van der Waals surface area contributed by atoms with Crippen molar-refractivity contribution in [2.45, 2.75) is 55.7 Å². The number of nitrogens with zero attached hydrogens (tertiary/aromatic N) is 1. The van der Waals surface area contributed by atoms with Gasteiger partial charge in [0.1, 0.15) is 0 Å². The Morgan fingerprint density at radius 1 is 0.964 bits per heavy atom. The number of aliphatic hydroxyl groups is 1. The summed E-state index contributed by atoms with van der Waals surface area (Å²) in [5.74, 6) is 0.